The van der Waals surface area contributed by atoms with Gasteiger partial charge in [-0.1, -0.05) is 30.3 Å². The molecule has 0 fully saturated rings. The van der Waals surface area contributed by atoms with Crippen LogP contribution in [0.5, 0.6) is 0 Å². The van der Waals surface area contributed by atoms with Crippen molar-refractivity contribution in [1.29, 1.82) is 0 Å². The van der Waals surface area contributed by atoms with Crippen molar-refractivity contribution in [1.82, 2.24) is 16.0 Å². The van der Waals surface area contributed by atoms with E-state index in [4.69, 9.17) is 17.2 Å². The first-order chi connectivity index (χ1) is 17.4. The van der Waals surface area contributed by atoms with Crippen molar-refractivity contribution in [3.05, 3.63) is 35.9 Å². The Hall–Kier alpha value is -3.65. The number of primary amides is 2. The number of amides is 5. The number of aliphatic carboxylic acids is 1. The van der Waals surface area contributed by atoms with Crippen LogP contribution < -0.4 is 33.2 Å². The summed E-state index contributed by atoms with van der Waals surface area (Å²) in [7, 11) is 0. The molecule has 10 N–H and O–H groups in total. The number of nitrogens with two attached hydrogens (primary N) is 3. The molecule has 5 amide bonds. The Morgan fingerprint density at radius 2 is 1.41 bits per heavy atom. The molecule has 4 atom stereocenters. The molecule has 0 aromatic heterocycles. The number of nitrogens with one attached hydrogen (secondary N) is 3. The molecular formula is C23H34N6O7S. The monoisotopic (exact) mass is 538 g/mol. The van der Waals surface area contributed by atoms with E-state index < -0.39 is 66.1 Å². The Kier molecular flexibility index (Phi) is 13.7. The van der Waals surface area contributed by atoms with E-state index in [0.29, 0.717) is 11.3 Å². The molecule has 13 nitrogen and oxygen atoms in total. The minimum absolute atomic E-state index is 0.0112. The van der Waals surface area contributed by atoms with Crippen molar-refractivity contribution in [2.24, 2.45) is 17.2 Å². The van der Waals surface area contributed by atoms with Gasteiger partial charge in [-0.3, -0.25) is 24.0 Å². The number of hydrogen-bond donors (Lipinski definition) is 7. The summed E-state index contributed by atoms with van der Waals surface area (Å²) in [5.74, 6) is -4.73. The van der Waals surface area contributed by atoms with Gasteiger partial charge < -0.3 is 38.3 Å². The van der Waals surface area contributed by atoms with Crippen LogP contribution in [0.25, 0.3) is 0 Å². The lowest BCUT2D eigenvalue weighted by atomic mass is 10.0. The van der Waals surface area contributed by atoms with Crippen LogP contribution in [0.4, 0.5) is 0 Å². The Labute approximate surface area is 218 Å². The minimum Gasteiger partial charge on any atom is -0.480 e. The van der Waals surface area contributed by atoms with Crippen molar-refractivity contribution in [3.63, 3.8) is 0 Å². The summed E-state index contributed by atoms with van der Waals surface area (Å²) in [5, 5.41) is 16.7. The van der Waals surface area contributed by atoms with Gasteiger partial charge >= 0.3 is 5.97 Å². The predicted octanol–water partition coefficient (Wildman–Crippen LogP) is -2.01. The molecule has 0 aliphatic carbocycles. The number of rotatable bonds is 17. The normalized spacial score (nSPS) is 13.9. The van der Waals surface area contributed by atoms with Gasteiger partial charge in [0.25, 0.3) is 0 Å². The van der Waals surface area contributed by atoms with Crippen LogP contribution in [0, 0.1) is 0 Å². The zero-order chi connectivity index (χ0) is 28.0. The van der Waals surface area contributed by atoms with Crippen molar-refractivity contribution < 1.29 is 33.9 Å². The van der Waals surface area contributed by atoms with Crippen molar-refractivity contribution in [3.8, 4) is 0 Å². The van der Waals surface area contributed by atoms with Gasteiger partial charge in [-0.2, -0.15) is 11.8 Å². The van der Waals surface area contributed by atoms with Gasteiger partial charge in [0.15, 0.2) is 0 Å². The highest BCUT2D eigenvalue weighted by Crippen LogP contribution is 2.07. The van der Waals surface area contributed by atoms with Gasteiger partial charge in [-0.15, -0.1) is 0 Å². The third-order valence-corrected chi connectivity index (χ3v) is 5.86. The van der Waals surface area contributed by atoms with Crippen LogP contribution in [-0.2, 0) is 35.2 Å². The summed E-state index contributed by atoms with van der Waals surface area (Å²) in [6, 6.07) is 3.62. The first kappa shape index (κ1) is 31.4. The van der Waals surface area contributed by atoms with Crippen molar-refractivity contribution in [2.45, 2.75) is 56.3 Å². The first-order valence-electron chi connectivity index (χ1n) is 11.4. The fraction of sp³-hybridized carbons (Fsp3) is 0.478. The second kappa shape index (κ2) is 16.2. The average molecular weight is 539 g/mol. The lowest BCUT2D eigenvalue weighted by molar-refractivity contribution is -0.142. The number of thioether (sulfide) groups is 1. The average Bonchev–Trinajstić information content (AvgIpc) is 2.83. The molecule has 1 rings (SSSR count). The van der Waals surface area contributed by atoms with Crippen LogP contribution in [0.3, 0.4) is 0 Å². The van der Waals surface area contributed by atoms with Gasteiger partial charge in [0.05, 0.1) is 12.5 Å². The van der Waals surface area contributed by atoms with E-state index in [0.717, 1.165) is 0 Å². The number of benzene rings is 1. The number of carboxylic acid groups (broad SMARTS) is 1. The maximum absolute atomic E-state index is 13.2. The topological polar surface area (TPSA) is 237 Å². The Morgan fingerprint density at radius 1 is 0.838 bits per heavy atom. The maximum Gasteiger partial charge on any atom is 0.326 e. The smallest absolute Gasteiger partial charge is 0.326 e. The highest BCUT2D eigenvalue weighted by molar-refractivity contribution is 7.98. The summed E-state index contributed by atoms with van der Waals surface area (Å²) in [6.07, 6.45) is 1.03. The minimum atomic E-state index is -1.31. The largest absolute Gasteiger partial charge is 0.480 e. The lowest BCUT2D eigenvalue weighted by Crippen LogP contribution is -2.58. The SMILES string of the molecule is CSCCC(NC(=O)C(CCC(N)=O)NC(=O)C(Cc1ccccc1)NC(=O)C(N)CC(N)=O)C(=O)O. The molecule has 0 bridgehead atoms. The summed E-state index contributed by atoms with van der Waals surface area (Å²) in [4.78, 5) is 72.6. The van der Waals surface area contributed by atoms with E-state index in [1.807, 2.05) is 0 Å². The van der Waals surface area contributed by atoms with Crippen LogP contribution in [-0.4, -0.2) is 76.8 Å². The van der Waals surface area contributed by atoms with Gasteiger partial charge in [0.2, 0.25) is 29.5 Å². The Balaban J connectivity index is 3.12. The van der Waals surface area contributed by atoms with E-state index >= 15 is 0 Å². The molecular weight excluding hydrogens is 504 g/mol. The Bertz CT molecular complexity index is 962. The molecule has 1 aromatic carbocycles. The third-order valence-electron chi connectivity index (χ3n) is 5.21. The molecule has 4 unspecified atom stereocenters. The highest BCUT2D eigenvalue weighted by Gasteiger charge is 2.30. The number of carbonyl (C=O) groups excluding carboxylic acids is 5. The molecule has 0 spiro atoms. The van der Waals surface area contributed by atoms with Gasteiger partial charge in [0, 0.05) is 12.8 Å². The van der Waals surface area contributed by atoms with Crippen LogP contribution in [0.1, 0.15) is 31.2 Å². The maximum atomic E-state index is 13.2. The summed E-state index contributed by atoms with van der Waals surface area (Å²) >= 11 is 1.40. The zero-order valence-corrected chi connectivity index (χ0v) is 21.3. The number of hydrogen-bond acceptors (Lipinski definition) is 8. The number of carboxylic acids is 1. The quantitative estimate of drug-likeness (QED) is 0.116. The number of carbonyl (C=O) groups is 6. The predicted molar refractivity (Wildman–Crippen MR) is 137 cm³/mol. The molecule has 0 aliphatic rings. The first-order valence-corrected chi connectivity index (χ1v) is 12.8. The van der Waals surface area contributed by atoms with Crippen molar-refractivity contribution in [2.75, 3.05) is 12.0 Å². The van der Waals surface area contributed by atoms with E-state index in [1.165, 1.54) is 11.8 Å². The zero-order valence-electron chi connectivity index (χ0n) is 20.5. The molecule has 37 heavy (non-hydrogen) atoms. The molecule has 0 radical (unpaired) electrons. The van der Waals surface area contributed by atoms with E-state index in [-0.39, 0.29) is 25.7 Å². The van der Waals surface area contributed by atoms with Gasteiger partial charge in [-0.25, -0.2) is 4.79 Å². The van der Waals surface area contributed by atoms with Gasteiger partial charge in [-0.05, 0) is 30.4 Å². The van der Waals surface area contributed by atoms with Gasteiger partial charge in [0.1, 0.15) is 18.1 Å². The second-order valence-corrected chi connectivity index (χ2v) is 9.26. The Morgan fingerprint density at radius 3 is 1.95 bits per heavy atom. The van der Waals surface area contributed by atoms with Crippen LogP contribution >= 0.6 is 11.8 Å². The summed E-state index contributed by atoms with van der Waals surface area (Å²) in [5.41, 5.74) is 16.7. The fourth-order valence-electron chi connectivity index (χ4n) is 3.24. The van der Waals surface area contributed by atoms with E-state index in [1.54, 1.807) is 36.6 Å². The summed E-state index contributed by atoms with van der Waals surface area (Å²) < 4.78 is 0. The van der Waals surface area contributed by atoms with E-state index in [9.17, 15) is 33.9 Å². The molecule has 14 heteroatoms. The van der Waals surface area contributed by atoms with Crippen LogP contribution in [0.2, 0.25) is 0 Å². The fourth-order valence-corrected chi connectivity index (χ4v) is 3.71. The standard InChI is InChI=1S/C23H34N6O7S/c1-37-10-9-16(23(35)36)28-21(33)15(7-8-18(25)30)27-22(34)17(11-13-5-3-2-4-6-13)29-20(32)14(24)12-19(26)31/h2-6,14-17H,7-12,24H2,1H3,(H2,25,30)(H2,26,31)(H,27,34)(H,28,33)(H,29,32)(H,35,36). The van der Waals surface area contributed by atoms with Crippen molar-refractivity contribution >= 4 is 47.3 Å². The van der Waals surface area contributed by atoms with Crippen LogP contribution in [0.15, 0.2) is 30.3 Å². The van der Waals surface area contributed by atoms with E-state index in [2.05, 4.69) is 16.0 Å². The molecule has 1 aromatic rings. The molecule has 0 saturated carbocycles. The molecule has 0 aliphatic heterocycles. The molecule has 204 valence electrons. The second-order valence-electron chi connectivity index (χ2n) is 8.27. The summed E-state index contributed by atoms with van der Waals surface area (Å²) in [6.45, 7) is 0. The highest BCUT2D eigenvalue weighted by atomic mass is 32.2. The lowest BCUT2D eigenvalue weighted by Gasteiger charge is -2.25. The third kappa shape index (κ3) is 12.2. The molecule has 0 heterocycles. The molecule has 0 saturated heterocycles.